The minimum absolute atomic E-state index is 0.107. The summed E-state index contributed by atoms with van der Waals surface area (Å²) in [6, 6.07) is 0. The minimum atomic E-state index is -4.96. The van der Waals surface area contributed by atoms with Gasteiger partial charge in [0.2, 0.25) is 0 Å². The second kappa shape index (κ2) is 67.5. The molecule has 0 aromatic rings. The molecule has 0 aliphatic carbocycles. The van der Waals surface area contributed by atoms with Crippen molar-refractivity contribution in [2.24, 2.45) is 17.8 Å². The van der Waals surface area contributed by atoms with Crippen LogP contribution in [-0.4, -0.2) is 96.7 Å². The smallest absolute Gasteiger partial charge is 0.462 e. The lowest BCUT2D eigenvalue weighted by Gasteiger charge is -2.21. The second-order valence-corrected chi connectivity index (χ2v) is 31.6. The van der Waals surface area contributed by atoms with Gasteiger partial charge in [-0.05, 0) is 43.4 Å². The summed E-state index contributed by atoms with van der Waals surface area (Å²) in [7, 11) is -9.91. The minimum Gasteiger partial charge on any atom is -0.462 e. The Kier molecular flexibility index (Phi) is 66.2. The van der Waals surface area contributed by atoms with Gasteiger partial charge in [0.1, 0.15) is 19.3 Å². The molecule has 0 aromatic carbocycles. The summed E-state index contributed by atoms with van der Waals surface area (Å²) in [6.45, 7) is 11.9. The average molecular weight is 1410 g/mol. The van der Waals surface area contributed by atoms with Gasteiger partial charge in [0.15, 0.2) is 12.2 Å². The van der Waals surface area contributed by atoms with Crippen molar-refractivity contribution in [2.75, 3.05) is 39.6 Å². The number of phosphoric ester groups is 2. The van der Waals surface area contributed by atoms with Crippen LogP contribution in [0.5, 0.6) is 0 Å². The Bertz CT molecular complexity index is 1870. The number of aliphatic hydroxyl groups is 1. The van der Waals surface area contributed by atoms with Gasteiger partial charge >= 0.3 is 39.5 Å². The highest BCUT2D eigenvalue weighted by Crippen LogP contribution is 2.45. The van der Waals surface area contributed by atoms with Crippen molar-refractivity contribution in [3.05, 3.63) is 0 Å². The number of aliphatic hydroxyl groups excluding tert-OH is 1. The lowest BCUT2D eigenvalue weighted by Crippen LogP contribution is -2.30. The molecular formula is C77H150O17P2. The van der Waals surface area contributed by atoms with Crippen LogP contribution < -0.4 is 0 Å². The van der Waals surface area contributed by atoms with Gasteiger partial charge in [-0.25, -0.2) is 9.13 Å². The Hall–Kier alpha value is -1.94. The van der Waals surface area contributed by atoms with E-state index >= 15 is 0 Å². The Morgan fingerprint density at radius 2 is 0.531 bits per heavy atom. The number of ether oxygens (including phenoxy) is 4. The molecule has 0 aliphatic rings. The van der Waals surface area contributed by atoms with E-state index in [1.165, 1.54) is 199 Å². The van der Waals surface area contributed by atoms with Crippen molar-refractivity contribution in [3.8, 4) is 0 Å². The number of hydrogen-bond donors (Lipinski definition) is 3. The average Bonchev–Trinajstić information content (AvgIpc) is 1.81. The van der Waals surface area contributed by atoms with E-state index in [0.717, 1.165) is 114 Å². The van der Waals surface area contributed by atoms with Crippen LogP contribution in [0.4, 0.5) is 0 Å². The van der Waals surface area contributed by atoms with Crippen LogP contribution in [0, 0.1) is 17.8 Å². The van der Waals surface area contributed by atoms with Gasteiger partial charge in [-0.1, -0.05) is 344 Å². The molecule has 0 saturated carbocycles. The molecule has 0 spiro atoms. The summed E-state index contributed by atoms with van der Waals surface area (Å²) in [6.07, 6.45) is 54.0. The summed E-state index contributed by atoms with van der Waals surface area (Å²) >= 11 is 0. The Balaban J connectivity index is 5.25. The first-order valence-electron chi connectivity index (χ1n) is 39.9. The maximum Gasteiger partial charge on any atom is 0.472 e. The van der Waals surface area contributed by atoms with Crippen molar-refractivity contribution in [3.63, 3.8) is 0 Å². The van der Waals surface area contributed by atoms with E-state index in [9.17, 15) is 43.2 Å². The predicted molar refractivity (Wildman–Crippen MR) is 391 cm³/mol. The topological polar surface area (TPSA) is 237 Å². The first-order valence-corrected chi connectivity index (χ1v) is 42.9. The van der Waals surface area contributed by atoms with Crippen LogP contribution in [0.25, 0.3) is 0 Å². The first kappa shape index (κ1) is 94.1. The third-order valence-electron chi connectivity index (χ3n) is 18.6. The van der Waals surface area contributed by atoms with Crippen molar-refractivity contribution in [2.45, 2.75) is 414 Å². The van der Waals surface area contributed by atoms with Gasteiger partial charge in [0.25, 0.3) is 0 Å². The van der Waals surface area contributed by atoms with Crippen molar-refractivity contribution in [1.29, 1.82) is 0 Å². The number of carbonyl (C=O) groups is 4. The number of esters is 4. The molecule has 96 heavy (non-hydrogen) atoms. The van der Waals surface area contributed by atoms with E-state index in [1.807, 2.05) is 0 Å². The maximum atomic E-state index is 13.1. The molecule has 0 rings (SSSR count). The molecule has 0 aliphatic heterocycles. The Morgan fingerprint density at radius 3 is 0.792 bits per heavy atom. The van der Waals surface area contributed by atoms with Crippen molar-refractivity contribution < 1.29 is 80.2 Å². The van der Waals surface area contributed by atoms with Crippen LogP contribution in [0.1, 0.15) is 395 Å². The fraction of sp³-hybridized carbons (Fsp3) is 0.948. The zero-order valence-electron chi connectivity index (χ0n) is 62.8. The normalized spacial score (nSPS) is 14.6. The lowest BCUT2D eigenvalue weighted by molar-refractivity contribution is -0.161. The van der Waals surface area contributed by atoms with Crippen molar-refractivity contribution in [1.82, 2.24) is 0 Å². The molecule has 17 nitrogen and oxygen atoms in total. The van der Waals surface area contributed by atoms with Crippen LogP contribution >= 0.6 is 15.6 Å². The van der Waals surface area contributed by atoms with E-state index in [1.54, 1.807) is 0 Å². The highest BCUT2D eigenvalue weighted by atomic mass is 31.2. The zero-order chi connectivity index (χ0) is 70.9. The number of phosphoric acid groups is 2. The molecule has 0 heterocycles. The standard InChI is InChI=1S/C77H150O17P2/c1-8-11-12-13-14-15-16-21-25-32-37-46-53-60-77(82)94-73(65-88-75(80)59-52-45-40-39-43-50-57-70(7)10-3)67-92-96(85,86)90-63-71(78)62-89-95(83,84)91-66-72(64-87-74(79)58-51-44-36-31-28-27-30-35-42-49-56-69(6)9-2)93-76(81)61-54-47-38-33-26-23-20-18-17-19-22-24-29-34-41-48-55-68(4)5/h68-73,78H,8-67H2,1-7H3,(H,83,84)(H,85,86)/t69?,70?,71-,72-,73-/m1/s1. The Labute approximate surface area is 588 Å². The van der Waals surface area contributed by atoms with Gasteiger partial charge < -0.3 is 33.8 Å². The van der Waals surface area contributed by atoms with Gasteiger partial charge in [-0.3, -0.25) is 37.3 Å². The van der Waals surface area contributed by atoms with Gasteiger partial charge in [-0.15, -0.1) is 0 Å². The first-order chi connectivity index (χ1) is 46.3. The highest BCUT2D eigenvalue weighted by Gasteiger charge is 2.30. The maximum absolute atomic E-state index is 13.1. The molecule has 570 valence electrons. The van der Waals surface area contributed by atoms with E-state index in [0.29, 0.717) is 25.7 Å². The second-order valence-electron chi connectivity index (χ2n) is 28.7. The lowest BCUT2D eigenvalue weighted by atomic mass is 9.99. The van der Waals surface area contributed by atoms with Crippen LogP contribution in [0.2, 0.25) is 0 Å². The summed E-state index contributed by atoms with van der Waals surface area (Å²) < 4.78 is 68.6. The van der Waals surface area contributed by atoms with Crippen LogP contribution in [0.3, 0.4) is 0 Å². The number of rotatable bonds is 75. The van der Waals surface area contributed by atoms with Crippen LogP contribution in [-0.2, 0) is 65.4 Å². The van der Waals surface area contributed by atoms with E-state index in [2.05, 4.69) is 48.5 Å². The molecular weight excluding hydrogens is 1260 g/mol. The predicted octanol–water partition coefficient (Wildman–Crippen LogP) is 22.6. The third-order valence-corrected chi connectivity index (χ3v) is 20.5. The van der Waals surface area contributed by atoms with Gasteiger partial charge in [-0.2, -0.15) is 0 Å². The molecule has 0 fully saturated rings. The molecule has 0 aromatic heterocycles. The van der Waals surface area contributed by atoms with E-state index in [-0.39, 0.29) is 25.7 Å². The number of carbonyl (C=O) groups excluding carboxylic acids is 4. The fourth-order valence-electron chi connectivity index (χ4n) is 11.7. The van der Waals surface area contributed by atoms with Gasteiger partial charge in [0.05, 0.1) is 26.4 Å². The molecule has 4 unspecified atom stereocenters. The third kappa shape index (κ3) is 67.9. The molecule has 3 N–H and O–H groups in total. The number of hydrogen-bond acceptors (Lipinski definition) is 15. The quantitative estimate of drug-likeness (QED) is 0.0222. The van der Waals surface area contributed by atoms with E-state index in [4.69, 9.17) is 37.0 Å². The Morgan fingerprint density at radius 1 is 0.302 bits per heavy atom. The molecule has 0 saturated heterocycles. The van der Waals surface area contributed by atoms with Crippen LogP contribution in [0.15, 0.2) is 0 Å². The highest BCUT2D eigenvalue weighted by molar-refractivity contribution is 7.47. The molecule has 7 atom stereocenters. The number of unbranched alkanes of at least 4 members (excludes halogenated alkanes) is 41. The summed E-state index contributed by atoms with van der Waals surface area (Å²) in [5, 5.41) is 10.6. The summed E-state index contributed by atoms with van der Waals surface area (Å²) in [5.41, 5.74) is 0. The largest absolute Gasteiger partial charge is 0.472 e. The SMILES string of the molecule is CCCCCCCCCCCCCCCC(=O)O[C@H](COC(=O)CCCCCCCCC(C)CC)COP(=O)(O)OC[C@H](O)COP(=O)(O)OC[C@@H](COC(=O)CCCCCCCCCCCCC(C)CC)OC(=O)CCCCCCCCCCCCCCCCCCC(C)C. The monoisotopic (exact) mass is 1410 g/mol. The van der Waals surface area contributed by atoms with Gasteiger partial charge in [0, 0.05) is 25.7 Å². The fourth-order valence-corrected chi connectivity index (χ4v) is 13.3. The zero-order valence-corrected chi connectivity index (χ0v) is 64.6. The summed E-state index contributed by atoms with van der Waals surface area (Å²) in [5.74, 6) is 0.234. The van der Waals surface area contributed by atoms with E-state index < -0.39 is 97.5 Å². The van der Waals surface area contributed by atoms with Crippen molar-refractivity contribution >= 4 is 39.5 Å². The molecule has 0 radical (unpaired) electrons. The molecule has 0 bridgehead atoms. The summed E-state index contributed by atoms with van der Waals surface area (Å²) in [4.78, 5) is 72.9. The molecule has 19 heteroatoms. The molecule has 0 amide bonds.